The van der Waals surface area contributed by atoms with Gasteiger partial charge in [-0.25, -0.2) is 4.39 Å². The number of aliphatic carboxylic acids is 1. The Bertz CT molecular complexity index is 325. The summed E-state index contributed by atoms with van der Waals surface area (Å²) in [6, 6.07) is 4.72. The minimum atomic E-state index is -0.989. The van der Waals surface area contributed by atoms with Crippen molar-refractivity contribution in [3.8, 4) is 0 Å². The lowest BCUT2D eigenvalue weighted by Crippen LogP contribution is -2.03. The molecule has 0 radical (unpaired) electrons. The fourth-order valence-corrected chi connectivity index (χ4v) is 1.33. The third-order valence-electron chi connectivity index (χ3n) is 1.69. The molecule has 0 aliphatic carbocycles. The molecule has 1 aromatic rings. The molecule has 0 spiro atoms. The van der Waals surface area contributed by atoms with E-state index < -0.39 is 12.6 Å². The molecule has 70 valence electrons. The van der Waals surface area contributed by atoms with E-state index in [2.05, 4.69) is 0 Å². The molecular weight excluding hydrogens is 195 g/mol. The van der Waals surface area contributed by atoms with Crippen LogP contribution in [0.2, 0.25) is 5.02 Å². The van der Waals surface area contributed by atoms with Crippen molar-refractivity contribution in [2.75, 3.05) is 0 Å². The van der Waals surface area contributed by atoms with E-state index in [0.29, 0.717) is 5.56 Å². The standard InChI is InChI=1S/C9H8ClFO2/c10-8-3-1-2-6(4-9(12)13)7(8)5-11/h1-3H,4-5H2,(H,12,13). The van der Waals surface area contributed by atoms with Crippen molar-refractivity contribution in [1.29, 1.82) is 0 Å². The monoisotopic (exact) mass is 202 g/mol. The molecule has 4 heteroatoms. The Morgan fingerprint density at radius 2 is 2.23 bits per heavy atom. The lowest BCUT2D eigenvalue weighted by molar-refractivity contribution is -0.136. The summed E-state index contributed by atoms with van der Waals surface area (Å²) in [6.45, 7) is -0.734. The molecule has 0 bridgehead atoms. The summed E-state index contributed by atoms with van der Waals surface area (Å²) in [5.41, 5.74) is 0.703. The van der Waals surface area contributed by atoms with Crippen LogP contribution in [0.4, 0.5) is 4.39 Å². The number of hydrogen-bond donors (Lipinski definition) is 1. The zero-order chi connectivity index (χ0) is 9.84. The fraction of sp³-hybridized carbons (Fsp3) is 0.222. The average Bonchev–Trinajstić information content (AvgIpc) is 2.03. The predicted molar refractivity (Wildman–Crippen MR) is 47.6 cm³/mol. The van der Waals surface area contributed by atoms with Crippen molar-refractivity contribution in [1.82, 2.24) is 0 Å². The Morgan fingerprint density at radius 3 is 2.77 bits per heavy atom. The van der Waals surface area contributed by atoms with Gasteiger partial charge in [-0.1, -0.05) is 23.7 Å². The van der Waals surface area contributed by atoms with Gasteiger partial charge in [0.1, 0.15) is 6.67 Å². The van der Waals surface area contributed by atoms with Crippen LogP contribution in [0.1, 0.15) is 11.1 Å². The van der Waals surface area contributed by atoms with Crippen LogP contribution < -0.4 is 0 Å². The molecule has 0 fully saturated rings. The SMILES string of the molecule is O=C(O)Cc1cccc(Cl)c1CF. The maximum absolute atomic E-state index is 12.4. The normalized spacial score (nSPS) is 10.0. The Morgan fingerprint density at radius 1 is 1.54 bits per heavy atom. The Kier molecular flexibility index (Phi) is 3.25. The lowest BCUT2D eigenvalue weighted by Gasteiger charge is -2.05. The van der Waals surface area contributed by atoms with Gasteiger partial charge in [0.25, 0.3) is 0 Å². The topological polar surface area (TPSA) is 37.3 Å². The molecule has 1 rings (SSSR count). The third kappa shape index (κ3) is 2.42. The molecule has 1 aromatic carbocycles. The summed E-state index contributed by atoms with van der Waals surface area (Å²) in [5, 5.41) is 8.79. The Hall–Kier alpha value is -1.09. The minimum absolute atomic E-state index is 0.195. The number of carboxylic acid groups (broad SMARTS) is 1. The zero-order valence-electron chi connectivity index (χ0n) is 6.76. The summed E-state index contributed by atoms with van der Waals surface area (Å²) in [4.78, 5) is 10.4. The van der Waals surface area contributed by atoms with Crippen molar-refractivity contribution >= 4 is 17.6 Å². The molecule has 0 saturated carbocycles. The second kappa shape index (κ2) is 4.23. The molecule has 0 atom stereocenters. The predicted octanol–water partition coefficient (Wildman–Crippen LogP) is 2.44. The first kappa shape index (κ1) is 9.99. The Balaban J connectivity index is 3.05. The highest BCUT2D eigenvalue weighted by molar-refractivity contribution is 6.31. The van der Waals surface area contributed by atoms with Crippen LogP contribution in [0.3, 0.4) is 0 Å². The van der Waals surface area contributed by atoms with E-state index >= 15 is 0 Å². The summed E-state index contributed by atoms with van der Waals surface area (Å²) in [6.07, 6.45) is -0.195. The van der Waals surface area contributed by atoms with Crippen molar-refractivity contribution in [3.05, 3.63) is 34.3 Å². The van der Waals surface area contributed by atoms with Crippen LogP contribution >= 0.6 is 11.6 Å². The van der Waals surface area contributed by atoms with E-state index in [4.69, 9.17) is 16.7 Å². The van der Waals surface area contributed by atoms with Crippen LogP contribution in [0.25, 0.3) is 0 Å². The third-order valence-corrected chi connectivity index (χ3v) is 2.05. The maximum Gasteiger partial charge on any atom is 0.307 e. The molecule has 0 amide bonds. The van der Waals surface area contributed by atoms with E-state index in [9.17, 15) is 9.18 Å². The van der Waals surface area contributed by atoms with E-state index in [-0.39, 0.29) is 17.0 Å². The van der Waals surface area contributed by atoms with Crippen molar-refractivity contribution in [3.63, 3.8) is 0 Å². The second-order valence-corrected chi connectivity index (χ2v) is 2.99. The van der Waals surface area contributed by atoms with E-state index in [1.54, 1.807) is 18.2 Å². The molecule has 0 aliphatic rings. The van der Waals surface area contributed by atoms with E-state index in [1.165, 1.54) is 0 Å². The van der Waals surface area contributed by atoms with Gasteiger partial charge in [-0.3, -0.25) is 4.79 Å². The van der Waals surface area contributed by atoms with Crippen molar-refractivity contribution < 1.29 is 14.3 Å². The van der Waals surface area contributed by atoms with Gasteiger partial charge < -0.3 is 5.11 Å². The van der Waals surface area contributed by atoms with Gasteiger partial charge in [-0.2, -0.15) is 0 Å². The van der Waals surface area contributed by atoms with Crippen LogP contribution in [0, 0.1) is 0 Å². The van der Waals surface area contributed by atoms with Gasteiger partial charge in [0.15, 0.2) is 0 Å². The van der Waals surface area contributed by atoms with E-state index in [1.807, 2.05) is 0 Å². The fourth-order valence-electron chi connectivity index (χ4n) is 1.08. The van der Waals surface area contributed by atoms with Gasteiger partial charge in [0.05, 0.1) is 6.42 Å². The molecule has 1 N–H and O–H groups in total. The molecule has 0 aromatic heterocycles. The highest BCUT2D eigenvalue weighted by Crippen LogP contribution is 2.21. The smallest absolute Gasteiger partial charge is 0.307 e. The molecule has 0 heterocycles. The molecular formula is C9H8ClFO2. The van der Waals surface area contributed by atoms with Crippen molar-refractivity contribution in [2.24, 2.45) is 0 Å². The quantitative estimate of drug-likeness (QED) is 0.818. The highest BCUT2D eigenvalue weighted by Gasteiger charge is 2.09. The number of carbonyl (C=O) groups is 1. The molecule has 13 heavy (non-hydrogen) atoms. The van der Waals surface area contributed by atoms with Gasteiger partial charge >= 0.3 is 5.97 Å². The summed E-state index contributed by atoms with van der Waals surface area (Å²) in [5.74, 6) is -0.989. The molecule has 0 aliphatic heterocycles. The van der Waals surface area contributed by atoms with Gasteiger partial charge in [0, 0.05) is 10.6 Å². The van der Waals surface area contributed by atoms with Crippen LogP contribution in [0.15, 0.2) is 18.2 Å². The molecule has 0 unspecified atom stereocenters. The van der Waals surface area contributed by atoms with Gasteiger partial charge in [-0.15, -0.1) is 0 Å². The Labute approximate surface area is 80.0 Å². The zero-order valence-corrected chi connectivity index (χ0v) is 7.51. The summed E-state index contributed by atoms with van der Waals surface area (Å²) < 4.78 is 12.4. The first-order valence-electron chi connectivity index (χ1n) is 3.69. The highest BCUT2D eigenvalue weighted by atomic mass is 35.5. The van der Waals surface area contributed by atoms with E-state index in [0.717, 1.165) is 0 Å². The molecule has 2 nitrogen and oxygen atoms in total. The summed E-state index contributed by atoms with van der Waals surface area (Å²) in [7, 11) is 0. The van der Waals surface area contributed by atoms with Gasteiger partial charge in [-0.05, 0) is 11.6 Å². The molecule has 0 saturated heterocycles. The number of carboxylic acids is 1. The number of halogens is 2. The second-order valence-electron chi connectivity index (χ2n) is 2.58. The minimum Gasteiger partial charge on any atom is -0.481 e. The first-order chi connectivity index (χ1) is 6.15. The van der Waals surface area contributed by atoms with Gasteiger partial charge in [0.2, 0.25) is 0 Å². The average molecular weight is 203 g/mol. The first-order valence-corrected chi connectivity index (χ1v) is 4.07. The number of alkyl halides is 1. The van der Waals surface area contributed by atoms with Crippen LogP contribution in [-0.2, 0) is 17.9 Å². The summed E-state index contributed by atoms with van der Waals surface area (Å²) >= 11 is 5.68. The maximum atomic E-state index is 12.4. The number of benzene rings is 1. The van der Waals surface area contributed by atoms with Crippen molar-refractivity contribution in [2.45, 2.75) is 13.1 Å². The van der Waals surface area contributed by atoms with Crippen LogP contribution in [-0.4, -0.2) is 11.1 Å². The number of hydrogen-bond acceptors (Lipinski definition) is 1. The lowest BCUT2D eigenvalue weighted by atomic mass is 10.1. The van der Waals surface area contributed by atoms with Crippen LogP contribution in [0.5, 0.6) is 0 Å². The largest absolute Gasteiger partial charge is 0.481 e. The number of rotatable bonds is 3.